The minimum absolute atomic E-state index is 0.154. The molecule has 0 bridgehead atoms. The number of halogens is 4. The molecule has 0 saturated carbocycles. The molecule has 7 heteroatoms. The standard InChI is InChI=1S/C11H9BrF3NO2/c12-9-4-5-16(10(9)17)7-2-1-3-8(6-7)18-11(13,14)15/h1-3,6,9H,4-5H2. The van der Waals surface area contributed by atoms with Crippen molar-refractivity contribution in [3.63, 3.8) is 0 Å². The summed E-state index contributed by atoms with van der Waals surface area (Å²) < 4.78 is 40.1. The van der Waals surface area contributed by atoms with Crippen LogP contribution in [0.5, 0.6) is 5.75 Å². The summed E-state index contributed by atoms with van der Waals surface area (Å²) in [6.45, 7) is 0.476. The molecule has 0 aromatic heterocycles. The van der Waals surface area contributed by atoms with Crippen LogP contribution >= 0.6 is 15.9 Å². The molecular formula is C11H9BrF3NO2. The first-order valence-electron chi connectivity index (χ1n) is 5.18. The van der Waals surface area contributed by atoms with Gasteiger partial charge in [0.2, 0.25) is 5.91 Å². The van der Waals surface area contributed by atoms with Gasteiger partial charge >= 0.3 is 6.36 Å². The average molecular weight is 324 g/mol. The van der Waals surface area contributed by atoms with E-state index in [1.165, 1.54) is 23.1 Å². The molecule has 2 rings (SSSR count). The summed E-state index contributed by atoms with van der Waals surface area (Å²) in [6.07, 6.45) is -4.10. The van der Waals surface area contributed by atoms with Gasteiger partial charge in [-0.25, -0.2) is 0 Å². The number of benzene rings is 1. The van der Waals surface area contributed by atoms with Crippen LogP contribution in [0.25, 0.3) is 0 Å². The zero-order chi connectivity index (χ0) is 13.3. The molecule has 3 nitrogen and oxygen atoms in total. The summed E-state index contributed by atoms with van der Waals surface area (Å²) in [5.41, 5.74) is 0.406. The van der Waals surface area contributed by atoms with Crippen molar-refractivity contribution in [2.24, 2.45) is 0 Å². The second-order valence-electron chi connectivity index (χ2n) is 3.79. The van der Waals surface area contributed by atoms with E-state index in [4.69, 9.17) is 0 Å². The minimum Gasteiger partial charge on any atom is -0.406 e. The zero-order valence-electron chi connectivity index (χ0n) is 9.08. The van der Waals surface area contributed by atoms with Gasteiger partial charge in [-0.2, -0.15) is 0 Å². The van der Waals surface area contributed by atoms with Gasteiger partial charge in [0.25, 0.3) is 0 Å². The predicted octanol–water partition coefficient (Wildman–Crippen LogP) is 3.09. The largest absolute Gasteiger partial charge is 0.573 e. The molecule has 0 spiro atoms. The third kappa shape index (κ3) is 2.95. The number of nitrogens with zero attached hydrogens (tertiary/aromatic N) is 1. The fraction of sp³-hybridized carbons (Fsp3) is 0.364. The lowest BCUT2D eigenvalue weighted by Gasteiger charge is -2.17. The van der Waals surface area contributed by atoms with E-state index in [2.05, 4.69) is 20.7 Å². The van der Waals surface area contributed by atoms with Crippen molar-refractivity contribution in [1.82, 2.24) is 0 Å². The Bertz CT molecular complexity index is 464. The van der Waals surface area contributed by atoms with Gasteiger partial charge in [-0.1, -0.05) is 22.0 Å². The normalized spacial score (nSPS) is 20.3. The van der Waals surface area contributed by atoms with Crippen molar-refractivity contribution in [2.75, 3.05) is 11.4 Å². The van der Waals surface area contributed by atoms with Crippen LogP contribution in [0, 0.1) is 0 Å². The molecular weight excluding hydrogens is 315 g/mol. The Hall–Kier alpha value is -1.24. The highest BCUT2D eigenvalue weighted by atomic mass is 79.9. The summed E-state index contributed by atoms with van der Waals surface area (Å²) in [5, 5.41) is 0. The molecule has 18 heavy (non-hydrogen) atoms. The summed E-state index contributed by atoms with van der Waals surface area (Å²) in [5.74, 6) is -0.481. The molecule has 1 aromatic carbocycles. The molecule has 0 aliphatic carbocycles. The second kappa shape index (κ2) is 4.79. The Morgan fingerprint density at radius 3 is 2.67 bits per heavy atom. The van der Waals surface area contributed by atoms with Crippen molar-refractivity contribution in [2.45, 2.75) is 17.6 Å². The molecule has 1 unspecified atom stereocenters. The monoisotopic (exact) mass is 323 g/mol. The van der Waals surface area contributed by atoms with Crippen molar-refractivity contribution in [3.05, 3.63) is 24.3 Å². The van der Waals surface area contributed by atoms with Crippen LogP contribution in [0.1, 0.15) is 6.42 Å². The van der Waals surface area contributed by atoms with E-state index in [1.54, 1.807) is 6.07 Å². The Kier molecular flexibility index (Phi) is 3.52. The molecule has 1 saturated heterocycles. The third-order valence-corrected chi connectivity index (χ3v) is 3.35. The van der Waals surface area contributed by atoms with Crippen molar-refractivity contribution in [1.29, 1.82) is 0 Å². The fourth-order valence-corrected chi connectivity index (χ4v) is 2.20. The number of carbonyl (C=O) groups is 1. The van der Waals surface area contributed by atoms with E-state index < -0.39 is 6.36 Å². The molecule has 1 fully saturated rings. The summed E-state index contributed by atoms with van der Waals surface area (Å²) >= 11 is 3.21. The smallest absolute Gasteiger partial charge is 0.406 e. The Balaban J connectivity index is 2.20. The van der Waals surface area contributed by atoms with E-state index in [0.717, 1.165) is 0 Å². The molecule has 1 aromatic rings. The molecule has 1 amide bonds. The first kappa shape index (κ1) is 13.2. The summed E-state index contributed by atoms with van der Waals surface area (Å²) in [6, 6.07) is 5.40. The lowest BCUT2D eigenvalue weighted by Crippen LogP contribution is -2.27. The Morgan fingerprint density at radius 1 is 1.39 bits per heavy atom. The summed E-state index contributed by atoms with van der Waals surface area (Å²) in [7, 11) is 0. The fourth-order valence-electron chi connectivity index (χ4n) is 1.75. The number of hydrogen-bond donors (Lipinski definition) is 0. The van der Waals surface area contributed by atoms with Crippen LogP contribution < -0.4 is 9.64 Å². The van der Waals surface area contributed by atoms with Gasteiger partial charge in [-0.15, -0.1) is 13.2 Å². The molecule has 1 aliphatic rings. The number of alkyl halides is 4. The summed E-state index contributed by atoms with van der Waals surface area (Å²) in [4.78, 5) is 12.9. The highest BCUT2D eigenvalue weighted by Gasteiger charge is 2.33. The Labute approximate surface area is 110 Å². The molecule has 98 valence electrons. The van der Waals surface area contributed by atoms with Crippen molar-refractivity contribution in [3.8, 4) is 5.75 Å². The number of ether oxygens (including phenoxy) is 1. The van der Waals surface area contributed by atoms with Gasteiger partial charge < -0.3 is 9.64 Å². The molecule has 1 heterocycles. The van der Waals surface area contributed by atoms with Crippen molar-refractivity contribution < 1.29 is 22.7 Å². The zero-order valence-corrected chi connectivity index (χ0v) is 10.7. The van der Waals surface area contributed by atoms with Gasteiger partial charge in [0.15, 0.2) is 0 Å². The SMILES string of the molecule is O=C1C(Br)CCN1c1cccc(OC(F)(F)F)c1. The number of carbonyl (C=O) groups excluding carboxylic acids is 1. The second-order valence-corrected chi connectivity index (χ2v) is 4.90. The molecule has 0 radical (unpaired) electrons. The lowest BCUT2D eigenvalue weighted by molar-refractivity contribution is -0.274. The maximum absolute atomic E-state index is 12.1. The van der Waals surface area contributed by atoms with Crippen LogP contribution in [0.4, 0.5) is 18.9 Å². The highest BCUT2D eigenvalue weighted by molar-refractivity contribution is 9.10. The highest BCUT2D eigenvalue weighted by Crippen LogP contribution is 2.30. The minimum atomic E-state index is -4.73. The van der Waals surface area contributed by atoms with E-state index in [9.17, 15) is 18.0 Å². The van der Waals surface area contributed by atoms with Crippen LogP contribution in [-0.4, -0.2) is 23.6 Å². The number of rotatable bonds is 2. The molecule has 1 atom stereocenters. The maximum Gasteiger partial charge on any atom is 0.573 e. The first-order valence-corrected chi connectivity index (χ1v) is 6.09. The average Bonchev–Trinajstić information content (AvgIpc) is 2.58. The van der Waals surface area contributed by atoms with E-state index in [1.807, 2.05) is 0 Å². The first-order chi connectivity index (χ1) is 8.37. The van der Waals surface area contributed by atoms with E-state index in [0.29, 0.717) is 18.7 Å². The lowest BCUT2D eigenvalue weighted by atomic mass is 10.3. The van der Waals surface area contributed by atoms with Crippen molar-refractivity contribution >= 4 is 27.5 Å². The topological polar surface area (TPSA) is 29.5 Å². The number of amides is 1. The number of hydrogen-bond acceptors (Lipinski definition) is 2. The van der Waals surface area contributed by atoms with Crippen LogP contribution in [0.3, 0.4) is 0 Å². The third-order valence-electron chi connectivity index (χ3n) is 2.50. The van der Waals surface area contributed by atoms with Gasteiger partial charge in [0.1, 0.15) is 5.75 Å². The number of anilines is 1. The van der Waals surface area contributed by atoms with Gasteiger partial charge in [0, 0.05) is 18.3 Å². The van der Waals surface area contributed by atoms with Gasteiger partial charge in [-0.3, -0.25) is 4.79 Å². The van der Waals surface area contributed by atoms with Gasteiger partial charge in [-0.05, 0) is 18.6 Å². The van der Waals surface area contributed by atoms with Crippen LogP contribution in [0.15, 0.2) is 24.3 Å². The molecule has 0 N–H and O–H groups in total. The van der Waals surface area contributed by atoms with E-state index in [-0.39, 0.29) is 16.5 Å². The van der Waals surface area contributed by atoms with Gasteiger partial charge in [0.05, 0.1) is 4.83 Å². The van der Waals surface area contributed by atoms with Crippen LogP contribution in [-0.2, 0) is 4.79 Å². The predicted molar refractivity (Wildman–Crippen MR) is 62.8 cm³/mol. The Morgan fingerprint density at radius 2 is 2.11 bits per heavy atom. The van der Waals surface area contributed by atoms with Crippen LogP contribution in [0.2, 0.25) is 0 Å². The maximum atomic E-state index is 12.1. The van der Waals surface area contributed by atoms with E-state index >= 15 is 0 Å². The quantitative estimate of drug-likeness (QED) is 0.783. The molecule has 1 aliphatic heterocycles.